The fourth-order valence-corrected chi connectivity index (χ4v) is 1.51. The van der Waals surface area contributed by atoms with Crippen LogP contribution in [0.3, 0.4) is 0 Å². The van der Waals surface area contributed by atoms with E-state index < -0.39 is 11.0 Å². The summed E-state index contributed by atoms with van der Waals surface area (Å²) in [6.45, 7) is 0. The highest BCUT2D eigenvalue weighted by Gasteiger charge is 2.07. The van der Waals surface area contributed by atoms with Crippen LogP contribution in [0.4, 0.5) is 21.9 Å². The van der Waals surface area contributed by atoms with Crippen molar-refractivity contribution in [1.29, 1.82) is 0 Å². The Bertz CT molecular complexity index is 599. The number of nitro benzene ring substituents is 1. The average Bonchev–Trinajstić information content (AvgIpc) is 2.40. The van der Waals surface area contributed by atoms with E-state index in [1.165, 1.54) is 18.2 Å². The quantitative estimate of drug-likeness (QED) is 0.653. The standard InChI is InChI=1S/C13H11N3O3/c17-13(14-10-5-2-1-3-6-10)15-11-7-4-8-12(9-11)16(18)19/h1-9H,(H2,14,15,17). The van der Waals surface area contributed by atoms with Gasteiger partial charge in [-0.05, 0) is 18.2 Å². The zero-order valence-electron chi connectivity index (χ0n) is 9.87. The van der Waals surface area contributed by atoms with Crippen LogP contribution in [-0.2, 0) is 0 Å². The summed E-state index contributed by atoms with van der Waals surface area (Å²) in [6.07, 6.45) is 0. The third-order valence-electron chi connectivity index (χ3n) is 2.35. The van der Waals surface area contributed by atoms with E-state index >= 15 is 0 Å². The third kappa shape index (κ3) is 3.53. The van der Waals surface area contributed by atoms with E-state index in [-0.39, 0.29) is 5.69 Å². The number of nitro groups is 1. The van der Waals surface area contributed by atoms with Gasteiger partial charge in [0.25, 0.3) is 5.69 Å². The van der Waals surface area contributed by atoms with Gasteiger partial charge >= 0.3 is 6.03 Å². The molecule has 0 atom stereocenters. The molecule has 0 unspecified atom stereocenters. The van der Waals surface area contributed by atoms with Crippen LogP contribution in [0.25, 0.3) is 0 Å². The fourth-order valence-electron chi connectivity index (χ4n) is 1.51. The molecule has 19 heavy (non-hydrogen) atoms. The molecule has 0 aliphatic carbocycles. The number of nitrogens with one attached hydrogen (secondary N) is 2. The molecule has 2 aromatic carbocycles. The van der Waals surface area contributed by atoms with Gasteiger partial charge in [-0.3, -0.25) is 10.1 Å². The first-order valence-electron chi connectivity index (χ1n) is 5.52. The molecule has 0 aliphatic rings. The lowest BCUT2D eigenvalue weighted by atomic mass is 10.3. The summed E-state index contributed by atoms with van der Waals surface area (Å²) >= 11 is 0. The minimum atomic E-state index is -0.514. The highest BCUT2D eigenvalue weighted by Crippen LogP contribution is 2.17. The van der Waals surface area contributed by atoms with Gasteiger partial charge in [0.2, 0.25) is 0 Å². The van der Waals surface area contributed by atoms with E-state index in [2.05, 4.69) is 10.6 Å². The first kappa shape index (κ1) is 12.6. The van der Waals surface area contributed by atoms with Crippen molar-refractivity contribution in [3.8, 4) is 0 Å². The normalized spacial score (nSPS) is 9.68. The largest absolute Gasteiger partial charge is 0.323 e. The highest BCUT2D eigenvalue weighted by molar-refractivity contribution is 5.99. The highest BCUT2D eigenvalue weighted by atomic mass is 16.6. The molecule has 0 aromatic heterocycles. The van der Waals surface area contributed by atoms with Crippen LogP contribution < -0.4 is 10.6 Å². The van der Waals surface area contributed by atoms with Gasteiger partial charge < -0.3 is 10.6 Å². The van der Waals surface area contributed by atoms with Crippen LogP contribution >= 0.6 is 0 Å². The Balaban J connectivity index is 2.03. The second-order valence-electron chi connectivity index (χ2n) is 3.75. The SMILES string of the molecule is O=C(Nc1ccccc1)Nc1cccc([N+](=O)[O-])c1. The van der Waals surface area contributed by atoms with Crippen molar-refractivity contribution >= 4 is 23.1 Å². The minimum Gasteiger partial charge on any atom is -0.308 e. The summed E-state index contributed by atoms with van der Waals surface area (Å²) in [6, 6.07) is 14.2. The lowest BCUT2D eigenvalue weighted by Crippen LogP contribution is -2.19. The van der Waals surface area contributed by atoms with Gasteiger partial charge in [-0.2, -0.15) is 0 Å². The molecular formula is C13H11N3O3. The number of nitrogens with zero attached hydrogens (tertiary/aromatic N) is 1. The molecule has 0 bridgehead atoms. The number of carbonyl (C=O) groups is 1. The van der Waals surface area contributed by atoms with Crippen molar-refractivity contribution in [2.75, 3.05) is 10.6 Å². The summed E-state index contributed by atoms with van der Waals surface area (Å²) in [5, 5.41) is 15.8. The lowest BCUT2D eigenvalue weighted by Gasteiger charge is -2.07. The molecule has 2 N–H and O–H groups in total. The van der Waals surface area contributed by atoms with Crippen LogP contribution in [0.15, 0.2) is 54.6 Å². The van der Waals surface area contributed by atoms with Crippen LogP contribution in [-0.4, -0.2) is 11.0 Å². The molecule has 6 heteroatoms. The van der Waals surface area contributed by atoms with Gasteiger partial charge in [0, 0.05) is 23.5 Å². The number of amides is 2. The molecule has 0 saturated carbocycles. The van der Waals surface area contributed by atoms with Crippen molar-refractivity contribution in [3.63, 3.8) is 0 Å². The Kier molecular flexibility index (Phi) is 3.72. The molecule has 2 amide bonds. The molecule has 6 nitrogen and oxygen atoms in total. The van der Waals surface area contributed by atoms with Crippen molar-refractivity contribution < 1.29 is 9.72 Å². The molecule has 96 valence electrons. The molecule has 2 rings (SSSR count). The summed E-state index contributed by atoms with van der Waals surface area (Å²) in [4.78, 5) is 21.8. The number of non-ortho nitro benzene ring substituents is 1. The van der Waals surface area contributed by atoms with Crippen LogP contribution in [0.2, 0.25) is 0 Å². The van der Waals surface area contributed by atoms with Gasteiger partial charge in [0.1, 0.15) is 0 Å². The van der Waals surface area contributed by atoms with Gasteiger partial charge in [-0.15, -0.1) is 0 Å². The molecule has 0 fully saturated rings. The van der Waals surface area contributed by atoms with E-state index in [0.717, 1.165) is 0 Å². The first-order chi connectivity index (χ1) is 9.15. The third-order valence-corrected chi connectivity index (χ3v) is 2.35. The minimum absolute atomic E-state index is 0.0717. The van der Waals surface area contributed by atoms with E-state index in [0.29, 0.717) is 11.4 Å². The molecule has 2 aromatic rings. The maximum atomic E-state index is 11.7. The maximum absolute atomic E-state index is 11.7. The van der Waals surface area contributed by atoms with Crippen LogP contribution in [0, 0.1) is 10.1 Å². The molecule has 0 saturated heterocycles. The van der Waals surface area contributed by atoms with E-state index in [4.69, 9.17) is 0 Å². The summed E-state index contributed by atoms with van der Waals surface area (Å²) in [5.41, 5.74) is 0.936. The smallest absolute Gasteiger partial charge is 0.308 e. The predicted octanol–water partition coefficient (Wildman–Crippen LogP) is 3.24. The zero-order chi connectivity index (χ0) is 13.7. The summed E-state index contributed by atoms with van der Waals surface area (Å²) in [5.74, 6) is 0. The van der Waals surface area contributed by atoms with Crippen LogP contribution in [0.5, 0.6) is 0 Å². The number of rotatable bonds is 3. The number of para-hydroxylation sites is 1. The number of urea groups is 1. The number of hydrogen-bond acceptors (Lipinski definition) is 3. The van der Waals surface area contributed by atoms with Gasteiger partial charge in [0.15, 0.2) is 0 Å². The number of hydrogen-bond donors (Lipinski definition) is 2. The molecule has 0 radical (unpaired) electrons. The second-order valence-corrected chi connectivity index (χ2v) is 3.75. The van der Waals surface area contributed by atoms with Crippen molar-refractivity contribution in [2.45, 2.75) is 0 Å². The molecule has 0 heterocycles. The monoisotopic (exact) mass is 257 g/mol. The summed E-state index contributed by atoms with van der Waals surface area (Å²) < 4.78 is 0. The maximum Gasteiger partial charge on any atom is 0.323 e. The Morgan fingerprint density at radius 2 is 1.58 bits per heavy atom. The van der Waals surface area contributed by atoms with Gasteiger partial charge in [-0.25, -0.2) is 4.79 Å². The first-order valence-corrected chi connectivity index (χ1v) is 5.52. The van der Waals surface area contributed by atoms with Crippen molar-refractivity contribution in [1.82, 2.24) is 0 Å². The van der Waals surface area contributed by atoms with Gasteiger partial charge in [0.05, 0.1) is 4.92 Å². The topological polar surface area (TPSA) is 84.3 Å². The number of anilines is 2. The van der Waals surface area contributed by atoms with E-state index in [1.54, 1.807) is 30.3 Å². The molecular weight excluding hydrogens is 246 g/mol. The van der Waals surface area contributed by atoms with Crippen LogP contribution in [0.1, 0.15) is 0 Å². The second kappa shape index (κ2) is 5.63. The van der Waals surface area contributed by atoms with Crippen molar-refractivity contribution in [3.05, 3.63) is 64.7 Å². The molecule has 0 aliphatic heterocycles. The van der Waals surface area contributed by atoms with E-state index in [1.807, 2.05) is 6.07 Å². The Morgan fingerprint density at radius 1 is 0.947 bits per heavy atom. The lowest BCUT2D eigenvalue weighted by molar-refractivity contribution is -0.384. The van der Waals surface area contributed by atoms with Crippen molar-refractivity contribution in [2.24, 2.45) is 0 Å². The Hall–Kier alpha value is -2.89. The fraction of sp³-hybridized carbons (Fsp3) is 0. The van der Waals surface area contributed by atoms with E-state index in [9.17, 15) is 14.9 Å². The average molecular weight is 257 g/mol. The zero-order valence-corrected chi connectivity index (χ0v) is 9.87. The predicted molar refractivity (Wildman–Crippen MR) is 72.2 cm³/mol. The molecule has 0 spiro atoms. The number of carbonyl (C=O) groups excluding carboxylic acids is 1. The summed E-state index contributed by atoms with van der Waals surface area (Å²) in [7, 11) is 0. The number of benzene rings is 2. The Labute approximate surface area is 109 Å². The Morgan fingerprint density at radius 3 is 2.26 bits per heavy atom. The van der Waals surface area contributed by atoms with Gasteiger partial charge in [-0.1, -0.05) is 24.3 Å².